The van der Waals surface area contributed by atoms with Crippen LogP contribution in [0.25, 0.3) is 0 Å². The molecule has 1 aliphatic rings. The summed E-state index contributed by atoms with van der Waals surface area (Å²) in [4.78, 5) is 16.0. The number of aromatic nitrogens is 3. The molecule has 7 heteroatoms. The summed E-state index contributed by atoms with van der Waals surface area (Å²) in [5, 5.41) is 10.3. The topological polar surface area (TPSA) is 81.1 Å². The van der Waals surface area contributed by atoms with Crippen molar-refractivity contribution >= 4 is 11.7 Å². The number of morpholine rings is 1. The van der Waals surface area contributed by atoms with E-state index in [2.05, 4.69) is 20.7 Å². The smallest absolute Gasteiger partial charge is 0.245 e. The summed E-state index contributed by atoms with van der Waals surface area (Å²) < 4.78 is 7.10. The molecule has 1 atom stereocenters. The number of nitrogens with zero attached hydrogens (tertiary/aromatic N) is 3. The standard InChI is InChI=1S/C15H19N5O2/c21-15(13-11-22-10-7-17-13)18-14-4-9-20(19-14)8-3-12-1-5-16-6-2-12/h1-2,4-6,9,13,17H,3,7-8,10-11H2,(H,18,19,21). The lowest BCUT2D eigenvalue weighted by Gasteiger charge is -2.22. The predicted octanol–water partition coefficient (Wildman–Crippen LogP) is 0.448. The Kier molecular flexibility index (Phi) is 4.77. The highest BCUT2D eigenvalue weighted by molar-refractivity contribution is 5.94. The maximum atomic E-state index is 12.0. The first-order valence-electron chi connectivity index (χ1n) is 7.35. The molecule has 3 heterocycles. The van der Waals surface area contributed by atoms with E-state index in [0.717, 1.165) is 13.0 Å². The third-order valence-corrected chi connectivity index (χ3v) is 3.51. The van der Waals surface area contributed by atoms with Crippen molar-refractivity contribution in [2.24, 2.45) is 0 Å². The van der Waals surface area contributed by atoms with Gasteiger partial charge in [-0.2, -0.15) is 5.10 Å². The molecular formula is C15H19N5O2. The van der Waals surface area contributed by atoms with Gasteiger partial charge in [-0.1, -0.05) is 0 Å². The normalized spacial score (nSPS) is 18.1. The van der Waals surface area contributed by atoms with E-state index >= 15 is 0 Å². The number of rotatable bonds is 5. The van der Waals surface area contributed by atoms with E-state index in [1.807, 2.05) is 23.0 Å². The second kappa shape index (κ2) is 7.15. The number of hydrogen-bond acceptors (Lipinski definition) is 5. The van der Waals surface area contributed by atoms with Gasteiger partial charge in [0.1, 0.15) is 6.04 Å². The minimum absolute atomic E-state index is 0.112. The Hall–Kier alpha value is -2.25. The Morgan fingerprint density at radius 1 is 1.41 bits per heavy atom. The molecule has 1 fully saturated rings. The largest absolute Gasteiger partial charge is 0.378 e. The molecule has 1 aliphatic heterocycles. The van der Waals surface area contributed by atoms with E-state index in [1.54, 1.807) is 18.5 Å². The summed E-state index contributed by atoms with van der Waals surface area (Å²) in [6.45, 7) is 2.49. The van der Waals surface area contributed by atoms with Gasteiger partial charge in [0.15, 0.2) is 5.82 Å². The first-order chi connectivity index (χ1) is 10.8. The number of carbonyl (C=O) groups is 1. The Bertz CT molecular complexity index is 607. The molecule has 22 heavy (non-hydrogen) atoms. The molecule has 2 aromatic heterocycles. The number of nitrogens with one attached hydrogen (secondary N) is 2. The zero-order valence-electron chi connectivity index (χ0n) is 12.2. The summed E-state index contributed by atoms with van der Waals surface area (Å²) in [7, 11) is 0. The van der Waals surface area contributed by atoms with Gasteiger partial charge in [-0.05, 0) is 24.1 Å². The highest BCUT2D eigenvalue weighted by atomic mass is 16.5. The molecule has 0 radical (unpaired) electrons. The second-order valence-corrected chi connectivity index (χ2v) is 5.14. The first kappa shape index (κ1) is 14.7. The molecule has 2 aromatic rings. The van der Waals surface area contributed by atoms with Crippen LogP contribution in [0.5, 0.6) is 0 Å². The molecule has 1 saturated heterocycles. The van der Waals surface area contributed by atoms with E-state index in [0.29, 0.717) is 25.6 Å². The fourth-order valence-electron chi connectivity index (χ4n) is 2.29. The molecule has 2 N–H and O–H groups in total. The van der Waals surface area contributed by atoms with Crippen LogP contribution in [0, 0.1) is 0 Å². The molecule has 7 nitrogen and oxygen atoms in total. The van der Waals surface area contributed by atoms with Gasteiger partial charge in [0.2, 0.25) is 5.91 Å². The first-order valence-corrected chi connectivity index (χ1v) is 7.35. The summed E-state index contributed by atoms with van der Waals surface area (Å²) in [6.07, 6.45) is 6.30. The van der Waals surface area contributed by atoms with Crippen LogP contribution >= 0.6 is 0 Å². The van der Waals surface area contributed by atoms with Gasteiger partial charge in [-0.15, -0.1) is 0 Å². The summed E-state index contributed by atoms with van der Waals surface area (Å²) in [6, 6.07) is 5.46. The van der Waals surface area contributed by atoms with Crippen LogP contribution in [0.15, 0.2) is 36.8 Å². The van der Waals surface area contributed by atoms with Crippen molar-refractivity contribution < 1.29 is 9.53 Å². The lowest BCUT2D eigenvalue weighted by Crippen LogP contribution is -2.48. The number of aryl methyl sites for hydroxylation is 2. The van der Waals surface area contributed by atoms with Crippen LogP contribution in [0.2, 0.25) is 0 Å². The van der Waals surface area contributed by atoms with Crippen molar-refractivity contribution in [1.82, 2.24) is 20.1 Å². The molecule has 0 spiro atoms. The third kappa shape index (κ3) is 3.90. The number of hydrogen-bond donors (Lipinski definition) is 2. The van der Waals surface area contributed by atoms with Crippen molar-refractivity contribution in [3.8, 4) is 0 Å². The number of ether oxygens (including phenoxy) is 1. The fourth-order valence-corrected chi connectivity index (χ4v) is 2.29. The number of pyridine rings is 1. The van der Waals surface area contributed by atoms with Crippen LogP contribution in [0.4, 0.5) is 5.82 Å². The number of anilines is 1. The van der Waals surface area contributed by atoms with Gasteiger partial charge in [0.05, 0.1) is 13.2 Å². The second-order valence-electron chi connectivity index (χ2n) is 5.14. The molecule has 3 rings (SSSR count). The van der Waals surface area contributed by atoms with Crippen molar-refractivity contribution in [3.63, 3.8) is 0 Å². The predicted molar refractivity (Wildman–Crippen MR) is 81.4 cm³/mol. The highest BCUT2D eigenvalue weighted by Crippen LogP contribution is 2.06. The zero-order valence-corrected chi connectivity index (χ0v) is 12.2. The molecular weight excluding hydrogens is 282 g/mol. The molecule has 0 aliphatic carbocycles. The van der Waals surface area contributed by atoms with Gasteiger partial charge in [0, 0.05) is 37.7 Å². The Morgan fingerprint density at radius 2 is 2.27 bits per heavy atom. The zero-order chi connectivity index (χ0) is 15.2. The van der Waals surface area contributed by atoms with Crippen LogP contribution < -0.4 is 10.6 Å². The summed E-state index contributed by atoms with van der Waals surface area (Å²) in [5.41, 5.74) is 1.21. The Morgan fingerprint density at radius 3 is 3.05 bits per heavy atom. The minimum Gasteiger partial charge on any atom is -0.378 e. The lowest BCUT2D eigenvalue weighted by molar-refractivity contribution is -0.120. The molecule has 116 valence electrons. The van der Waals surface area contributed by atoms with Crippen LogP contribution in [0.3, 0.4) is 0 Å². The van der Waals surface area contributed by atoms with Crippen molar-refractivity contribution in [3.05, 3.63) is 42.4 Å². The van der Waals surface area contributed by atoms with Gasteiger partial charge >= 0.3 is 0 Å². The fraction of sp³-hybridized carbons (Fsp3) is 0.400. The van der Waals surface area contributed by atoms with E-state index in [9.17, 15) is 4.79 Å². The number of amides is 1. The van der Waals surface area contributed by atoms with Crippen molar-refractivity contribution in [2.45, 2.75) is 19.0 Å². The SMILES string of the molecule is O=C(Nc1ccn(CCc2ccncc2)n1)C1COCCN1. The maximum absolute atomic E-state index is 12.0. The molecule has 0 bridgehead atoms. The average Bonchev–Trinajstić information content (AvgIpc) is 3.02. The average molecular weight is 301 g/mol. The van der Waals surface area contributed by atoms with Gasteiger partial charge < -0.3 is 15.4 Å². The van der Waals surface area contributed by atoms with Crippen LogP contribution in [-0.4, -0.2) is 46.5 Å². The highest BCUT2D eigenvalue weighted by Gasteiger charge is 2.21. The third-order valence-electron chi connectivity index (χ3n) is 3.51. The molecule has 1 unspecified atom stereocenters. The molecule has 0 saturated carbocycles. The van der Waals surface area contributed by atoms with Crippen molar-refractivity contribution in [2.75, 3.05) is 25.1 Å². The van der Waals surface area contributed by atoms with E-state index in [4.69, 9.17) is 4.74 Å². The minimum atomic E-state index is -0.310. The number of carbonyl (C=O) groups excluding carboxylic acids is 1. The van der Waals surface area contributed by atoms with E-state index in [-0.39, 0.29) is 11.9 Å². The van der Waals surface area contributed by atoms with Crippen molar-refractivity contribution in [1.29, 1.82) is 0 Å². The quantitative estimate of drug-likeness (QED) is 0.838. The Labute approximate surface area is 128 Å². The van der Waals surface area contributed by atoms with Gasteiger partial charge in [0.25, 0.3) is 0 Å². The molecule has 1 amide bonds. The lowest BCUT2D eigenvalue weighted by atomic mass is 10.2. The van der Waals surface area contributed by atoms with Crippen LogP contribution in [-0.2, 0) is 22.5 Å². The summed E-state index contributed by atoms with van der Waals surface area (Å²) >= 11 is 0. The maximum Gasteiger partial charge on any atom is 0.245 e. The van der Waals surface area contributed by atoms with E-state index < -0.39 is 0 Å². The summed E-state index contributed by atoms with van der Waals surface area (Å²) in [5.74, 6) is 0.450. The van der Waals surface area contributed by atoms with Gasteiger partial charge in [-0.3, -0.25) is 14.5 Å². The van der Waals surface area contributed by atoms with Crippen LogP contribution in [0.1, 0.15) is 5.56 Å². The molecule has 0 aromatic carbocycles. The van der Waals surface area contributed by atoms with E-state index in [1.165, 1.54) is 5.56 Å². The monoisotopic (exact) mass is 301 g/mol. The Balaban J connectivity index is 1.51. The van der Waals surface area contributed by atoms with Gasteiger partial charge in [-0.25, -0.2) is 0 Å².